The number of rotatable bonds is 5. The minimum Gasteiger partial charge on any atom is -0.485 e. The normalized spacial score (nSPS) is 14.8. The summed E-state index contributed by atoms with van der Waals surface area (Å²) < 4.78 is 20.6. The van der Waals surface area contributed by atoms with Gasteiger partial charge in [-0.25, -0.2) is 9.59 Å². The van der Waals surface area contributed by atoms with Crippen LogP contribution in [0.5, 0.6) is 11.5 Å². The maximum absolute atomic E-state index is 12.1. The van der Waals surface area contributed by atoms with Gasteiger partial charge in [0.2, 0.25) is 6.10 Å². The van der Waals surface area contributed by atoms with Crippen LogP contribution in [-0.4, -0.2) is 44.3 Å². The highest BCUT2D eigenvalue weighted by molar-refractivity contribution is 5.95. The van der Waals surface area contributed by atoms with Gasteiger partial charge in [0.1, 0.15) is 6.61 Å². The van der Waals surface area contributed by atoms with Crippen LogP contribution in [0.15, 0.2) is 48.5 Å². The first-order valence-corrected chi connectivity index (χ1v) is 8.10. The van der Waals surface area contributed by atoms with Crippen molar-refractivity contribution in [2.24, 2.45) is 0 Å². The Morgan fingerprint density at radius 3 is 2.67 bits per heavy atom. The standard InChI is InChI=1S/C19H17NO7/c1-24-18(22)12-5-4-6-13(9-12)20-17(21)11-26-19(23)16-10-25-14-7-2-3-8-15(14)27-16/h2-9,16H,10-11H2,1H3,(H,20,21). The summed E-state index contributed by atoms with van der Waals surface area (Å²) >= 11 is 0. The van der Waals surface area contributed by atoms with Crippen molar-refractivity contribution in [1.82, 2.24) is 0 Å². The van der Waals surface area contributed by atoms with Gasteiger partial charge in [0.25, 0.3) is 5.91 Å². The zero-order valence-corrected chi connectivity index (χ0v) is 14.5. The molecule has 1 aliphatic rings. The number of nitrogens with one attached hydrogen (secondary N) is 1. The minimum absolute atomic E-state index is 0.00135. The summed E-state index contributed by atoms with van der Waals surface area (Å²) in [5.74, 6) is -0.794. The van der Waals surface area contributed by atoms with Gasteiger partial charge in [0.15, 0.2) is 18.1 Å². The molecule has 0 spiro atoms. The first-order chi connectivity index (χ1) is 13.1. The molecular formula is C19H17NO7. The van der Waals surface area contributed by atoms with Crippen molar-refractivity contribution in [2.45, 2.75) is 6.10 Å². The van der Waals surface area contributed by atoms with E-state index in [2.05, 4.69) is 10.1 Å². The third kappa shape index (κ3) is 4.55. The van der Waals surface area contributed by atoms with Gasteiger partial charge in [0.05, 0.1) is 12.7 Å². The highest BCUT2D eigenvalue weighted by atomic mass is 16.6. The number of fused-ring (bicyclic) bond motifs is 1. The van der Waals surface area contributed by atoms with Crippen LogP contribution in [0.25, 0.3) is 0 Å². The molecular weight excluding hydrogens is 354 g/mol. The number of carbonyl (C=O) groups excluding carboxylic acids is 3. The molecule has 1 N–H and O–H groups in total. The van der Waals surface area contributed by atoms with Gasteiger partial charge in [-0.1, -0.05) is 18.2 Å². The quantitative estimate of drug-likeness (QED) is 0.800. The predicted octanol–water partition coefficient (Wildman–Crippen LogP) is 1.79. The Bertz CT molecular complexity index is 865. The van der Waals surface area contributed by atoms with Gasteiger partial charge in [-0.05, 0) is 30.3 Å². The number of para-hydroxylation sites is 2. The molecule has 1 aliphatic heterocycles. The Morgan fingerprint density at radius 2 is 1.89 bits per heavy atom. The van der Waals surface area contributed by atoms with E-state index in [1.165, 1.54) is 13.2 Å². The molecule has 0 bridgehead atoms. The number of hydrogen-bond acceptors (Lipinski definition) is 7. The van der Waals surface area contributed by atoms with Crippen LogP contribution >= 0.6 is 0 Å². The molecule has 0 fully saturated rings. The molecule has 1 atom stereocenters. The molecule has 8 heteroatoms. The Morgan fingerprint density at radius 1 is 1.11 bits per heavy atom. The smallest absolute Gasteiger partial charge is 0.351 e. The summed E-state index contributed by atoms with van der Waals surface area (Å²) in [6.07, 6.45) is -0.949. The summed E-state index contributed by atoms with van der Waals surface area (Å²) in [6.45, 7) is -0.499. The van der Waals surface area contributed by atoms with Gasteiger partial charge < -0.3 is 24.3 Å². The van der Waals surface area contributed by atoms with Crippen LogP contribution in [0.1, 0.15) is 10.4 Å². The minimum atomic E-state index is -0.949. The number of hydrogen-bond donors (Lipinski definition) is 1. The molecule has 0 radical (unpaired) electrons. The van der Waals surface area contributed by atoms with E-state index in [1.807, 2.05) is 0 Å². The molecule has 27 heavy (non-hydrogen) atoms. The van der Waals surface area contributed by atoms with Crippen molar-refractivity contribution >= 4 is 23.5 Å². The summed E-state index contributed by atoms with van der Waals surface area (Å²) in [5.41, 5.74) is 0.670. The molecule has 0 saturated heterocycles. The molecule has 0 aromatic heterocycles. The van der Waals surface area contributed by atoms with Crippen LogP contribution < -0.4 is 14.8 Å². The SMILES string of the molecule is COC(=O)c1cccc(NC(=O)COC(=O)C2COc3ccccc3O2)c1. The monoisotopic (exact) mass is 371 g/mol. The van der Waals surface area contributed by atoms with Gasteiger partial charge in [0, 0.05) is 5.69 Å². The Hall–Kier alpha value is -3.55. The van der Waals surface area contributed by atoms with Gasteiger partial charge in [-0.3, -0.25) is 4.79 Å². The average molecular weight is 371 g/mol. The van der Waals surface area contributed by atoms with Crippen molar-refractivity contribution in [1.29, 1.82) is 0 Å². The molecule has 8 nitrogen and oxygen atoms in total. The second-order valence-corrected chi connectivity index (χ2v) is 5.59. The van der Waals surface area contributed by atoms with Crippen LogP contribution in [0.2, 0.25) is 0 Å². The van der Waals surface area contributed by atoms with Crippen molar-refractivity contribution in [3.8, 4) is 11.5 Å². The molecule has 0 saturated carbocycles. The van der Waals surface area contributed by atoms with Crippen LogP contribution in [-0.2, 0) is 19.1 Å². The zero-order valence-electron chi connectivity index (χ0n) is 14.5. The van der Waals surface area contributed by atoms with E-state index in [4.69, 9.17) is 14.2 Å². The first kappa shape index (κ1) is 18.2. The molecule has 2 aromatic rings. The Kier molecular flexibility index (Phi) is 5.55. The fraction of sp³-hybridized carbons (Fsp3) is 0.211. The highest BCUT2D eigenvalue weighted by Gasteiger charge is 2.29. The lowest BCUT2D eigenvalue weighted by Crippen LogP contribution is -2.39. The molecule has 0 aliphatic carbocycles. The summed E-state index contributed by atoms with van der Waals surface area (Å²) in [6, 6.07) is 13.2. The van der Waals surface area contributed by atoms with Crippen LogP contribution in [0.4, 0.5) is 5.69 Å². The third-order valence-corrected chi connectivity index (χ3v) is 3.68. The summed E-state index contributed by atoms with van der Waals surface area (Å²) in [7, 11) is 1.27. The number of anilines is 1. The highest BCUT2D eigenvalue weighted by Crippen LogP contribution is 2.31. The molecule has 3 rings (SSSR count). The molecule has 1 unspecified atom stereocenters. The Balaban J connectivity index is 1.51. The van der Waals surface area contributed by atoms with E-state index in [0.29, 0.717) is 22.7 Å². The van der Waals surface area contributed by atoms with Crippen molar-refractivity contribution < 1.29 is 33.3 Å². The maximum Gasteiger partial charge on any atom is 0.351 e. The van der Waals surface area contributed by atoms with E-state index >= 15 is 0 Å². The van der Waals surface area contributed by atoms with E-state index < -0.39 is 30.6 Å². The zero-order chi connectivity index (χ0) is 19.2. The van der Waals surface area contributed by atoms with Crippen molar-refractivity contribution in [3.05, 3.63) is 54.1 Å². The lowest BCUT2D eigenvalue weighted by molar-refractivity contribution is -0.156. The van der Waals surface area contributed by atoms with Crippen molar-refractivity contribution in [3.63, 3.8) is 0 Å². The van der Waals surface area contributed by atoms with Crippen molar-refractivity contribution in [2.75, 3.05) is 25.6 Å². The number of ether oxygens (including phenoxy) is 4. The predicted molar refractivity (Wildman–Crippen MR) is 93.7 cm³/mol. The van der Waals surface area contributed by atoms with Crippen LogP contribution in [0.3, 0.4) is 0 Å². The van der Waals surface area contributed by atoms with Gasteiger partial charge in [-0.2, -0.15) is 0 Å². The lowest BCUT2D eigenvalue weighted by Gasteiger charge is -2.24. The first-order valence-electron chi connectivity index (χ1n) is 8.10. The van der Waals surface area contributed by atoms with Gasteiger partial charge in [-0.15, -0.1) is 0 Å². The second kappa shape index (κ2) is 8.22. The number of benzene rings is 2. The number of carbonyl (C=O) groups is 3. The Labute approximate surface area is 155 Å². The fourth-order valence-corrected chi connectivity index (χ4v) is 2.40. The number of esters is 2. The molecule has 1 heterocycles. The topological polar surface area (TPSA) is 100 Å². The summed E-state index contributed by atoms with van der Waals surface area (Å²) in [4.78, 5) is 35.6. The second-order valence-electron chi connectivity index (χ2n) is 5.59. The van der Waals surface area contributed by atoms with E-state index in [-0.39, 0.29) is 6.61 Å². The molecule has 140 valence electrons. The summed E-state index contributed by atoms with van der Waals surface area (Å²) in [5, 5.41) is 2.54. The van der Waals surface area contributed by atoms with E-state index in [9.17, 15) is 14.4 Å². The fourth-order valence-electron chi connectivity index (χ4n) is 2.40. The van der Waals surface area contributed by atoms with Gasteiger partial charge >= 0.3 is 11.9 Å². The van der Waals surface area contributed by atoms with E-state index in [0.717, 1.165) is 0 Å². The average Bonchev–Trinajstić information content (AvgIpc) is 2.71. The van der Waals surface area contributed by atoms with Crippen LogP contribution in [0, 0.1) is 0 Å². The number of amides is 1. The molecule has 2 aromatic carbocycles. The largest absolute Gasteiger partial charge is 0.485 e. The third-order valence-electron chi connectivity index (χ3n) is 3.68. The lowest BCUT2D eigenvalue weighted by atomic mass is 10.2. The maximum atomic E-state index is 12.1. The van der Waals surface area contributed by atoms with E-state index in [1.54, 1.807) is 42.5 Å². The number of methoxy groups -OCH3 is 1. The molecule has 1 amide bonds.